The standard InChI is InChI=1S/C16H21N3O/c1-2-3-10-20-13-6-4-12(5-7-13)15-16-14(8-9-17-15)18-11-19-16/h4-7,11,15,17H,2-3,8-10H2,1H3,(H,18,19)/t15-/m1/s1. The Labute approximate surface area is 119 Å². The first kappa shape index (κ1) is 13.2. The van der Waals surface area contributed by atoms with Gasteiger partial charge in [0.2, 0.25) is 0 Å². The highest BCUT2D eigenvalue weighted by Gasteiger charge is 2.23. The maximum absolute atomic E-state index is 5.70. The Hall–Kier alpha value is -1.81. The van der Waals surface area contributed by atoms with Crippen molar-refractivity contribution in [2.75, 3.05) is 13.2 Å². The van der Waals surface area contributed by atoms with Crippen LogP contribution in [0.4, 0.5) is 0 Å². The fourth-order valence-corrected chi connectivity index (χ4v) is 2.59. The van der Waals surface area contributed by atoms with Crippen LogP contribution in [0.2, 0.25) is 0 Å². The minimum atomic E-state index is 0.190. The van der Waals surface area contributed by atoms with E-state index in [2.05, 4.69) is 34.3 Å². The fourth-order valence-electron chi connectivity index (χ4n) is 2.59. The van der Waals surface area contributed by atoms with E-state index in [1.165, 1.54) is 11.3 Å². The van der Waals surface area contributed by atoms with Gasteiger partial charge in [0.25, 0.3) is 0 Å². The maximum atomic E-state index is 5.70. The average molecular weight is 271 g/mol. The number of H-pyrrole nitrogens is 1. The second-order valence-electron chi connectivity index (χ2n) is 5.17. The molecule has 1 aliphatic rings. The van der Waals surface area contributed by atoms with Crippen molar-refractivity contribution in [1.82, 2.24) is 15.3 Å². The minimum Gasteiger partial charge on any atom is -0.494 e. The highest BCUT2D eigenvalue weighted by Crippen LogP contribution is 2.27. The number of rotatable bonds is 5. The lowest BCUT2D eigenvalue weighted by molar-refractivity contribution is 0.309. The third kappa shape index (κ3) is 2.70. The summed E-state index contributed by atoms with van der Waals surface area (Å²) in [6.45, 7) is 3.94. The van der Waals surface area contributed by atoms with Crippen molar-refractivity contribution in [2.45, 2.75) is 32.2 Å². The molecule has 106 valence electrons. The molecule has 2 heterocycles. The zero-order chi connectivity index (χ0) is 13.8. The number of fused-ring (bicyclic) bond motifs is 1. The Morgan fingerprint density at radius 2 is 2.15 bits per heavy atom. The van der Waals surface area contributed by atoms with Gasteiger partial charge in [-0.2, -0.15) is 0 Å². The number of imidazole rings is 1. The molecule has 0 fully saturated rings. The van der Waals surface area contributed by atoms with Crippen LogP contribution in [0.3, 0.4) is 0 Å². The molecule has 0 aliphatic carbocycles. The van der Waals surface area contributed by atoms with E-state index >= 15 is 0 Å². The topological polar surface area (TPSA) is 49.9 Å². The number of aromatic nitrogens is 2. The van der Waals surface area contributed by atoms with Gasteiger partial charge in [-0.25, -0.2) is 4.98 Å². The van der Waals surface area contributed by atoms with E-state index in [1.807, 2.05) is 12.1 Å². The van der Waals surface area contributed by atoms with Crippen LogP contribution in [0, 0.1) is 0 Å². The molecule has 1 aliphatic heterocycles. The SMILES string of the molecule is CCCCOc1ccc([C@H]2NCCc3[nH]cnc32)cc1. The molecule has 0 saturated heterocycles. The summed E-state index contributed by atoms with van der Waals surface area (Å²) in [5, 5.41) is 3.53. The zero-order valence-electron chi connectivity index (χ0n) is 11.9. The molecule has 0 unspecified atom stereocenters. The summed E-state index contributed by atoms with van der Waals surface area (Å²) >= 11 is 0. The van der Waals surface area contributed by atoms with Gasteiger partial charge < -0.3 is 15.0 Å². The Morgan fingerprint density at radius 1 is 1.30 bits per heavy atom. The van der Waals surface area contributed by atoms with Gasteiger partial charge in [-0.1, -0.05) is 25.5 Å². The third-order valence-corrected chi connectivity index (χ3v) is 3.73. The molecule has 3 rings (SSSR count). The molecule has 0 bridgehead atoms. The predicted molar refractivity (Wildman–Crippen MR) is 79.0 cm³/mol. The van der Waals surface area contributed by atoms with Crippen molar-refractivity contribution < 1.29 is 4.74 Å². The first-order valence-electron chi connectivity index (χ1n) is 7.36. The van der Waals surface area contributed by atoms with Gasteiger partial charge in [0.15, 0.2) is 0 Å². The van der Waals surface area contributed by atoms with E-state index in [1.54, 1.807) is 6.33 Å². The number of hydrogen-bond acceptors (Lipinski definition) is 3. The lowest BCUT2D eigenvalue weighted by Crippen LogP contribution is -2.30. The molecular weight excluding hydrogens is 250 g/mol. The zero-order valence-corrected chi connectivity index (χ0v) is 11.9. The first-order valence-corrected chi connectivity index (χ1v) is 7.36. The molecule has 1 aromatic heterocycles. The molecule has 4 heteroatoms. The number of benzene rings is 1. The Morgan fingerprint density at radius 3 is 2.95 bits per heavy atom. The molecule has 20 heavy (non-hydrogen) atoms. The van der Waals surface area contributed by atoms with Gasteiger partial charge in [0.1, 0.15) is 5.75 Å². The number of nitrogens with one attached hydrogen (secondary N) is 2. The number of ether oxygens (including phenoxy) is 1. The van der Waals surface area contributed by atoms with E-state index < -0.39 is 0 Å². The largest absolute Gasteiger partial charge is 0.494 e. The quantitative estimate of drug-likeness (QED) is 0.822. The van der Waals surface area contributed by atoms with Crippen molar-refractivity contribution >= 4 is 0 Å². The van der Waals surface area contributed by atoms with Crippen molar-refractivity contribution in [3.63, 3.8) is 0 Å². The monoisotopic (exact) mass is 271 g/mol. The second kappa shape index (κ2) is 6.09. The number of nitrogens with zero attached hydrogens (tertiary/aromatic N) is 1. The van der Waals surface area contributed by atoms with Crippen LogP contribution in [0.15, 0.2) is 30.6 Å². The molecule has 2 aromatic rings. The summed E-state index contributed by atoms with van der Waals surface area (Å²) in [5.74, 6) is 0.945. The van der Waals surface area contributed by atoms with E-state index in [0.29, 0.717) is 0 Å². The van der Waals surface area contributed by atoms with Crippen molar-refractivity contribution in [3.05, 3.63) is 47.5 Å². The molecule has 1 atom stereocenters. The van der Waals surface area contributed by atoms with Crippen LogP contribution in [0.5, 0.6) is 5.75 Å². The second-order valence-corrected chi connectivity index (χ2v) is 5.17. The summed E-state index contributed by atoms with van der Waals surface area (Å²) in [6, 6.07) is 8.54. The van der Waals surface area contributed by atoms with Crippen LogP contribution in [0.25, 0.3) is 0 Å². The molecule has 1 aromatic carbocycles. The van der Waals surface area contributed by atoms with E-state index in [9.17, 15) is 0 Å². The van der Waals surface area contributed by atoms with E-state index in [-0.39, 0.29) is 6.04 Å². The lowest BCUT2D eigenvalue weighted by atomic mass is 9.98. The first-order chi connectivity index (χ1) is 9.88. The maximum Gasteiger partial charge on any atom is 0.119 e. The normalized spacial score (nSPS) is 17.8. The Balaban J connectivity index is 1.73. The highest BCUT2D eigenvalue weighted by molar-refractivity contribution is 5.35. The van der Waals surface area contributed by atoms with Crippen molar-refractivity contribution in [1.29, 1.82) is 0 Å². The van der Waals surface area contributed by atoms with E-state index in [4.69, 9.17) is 4.74 Å². The van der Waals surface area contributed by atoms with E-state index in [0.717, 1.165) is 43.9 Å². The third-order valence-electron chi connectivity index (χ3n) is 3.73. The van der Waals surface area contributed by atoms with Gasteiger partial charge >= 0.3 is 0 Å². The van der Waals surface area contributed by atoms with Gasteiger partial charge in [0, 0.05) is 18.7 Å². The minimum absolute atomic E-state index is 0.190. The molecule has 0 amide bonds. The smallest absolute Gasteiger partial charge is 0.119 e. The van der Waals surface area contributed by atoms with Crippen molar-refractivity contribution in [3.8, 4) is 5.75 Å². The van der Waals surface area contributed by atoms with Gasteiger partial charge in [-0.15, -0.1) is 0 Å². The summed E-state index contributed by atoms with van der Waals surface area (Å²) < 4.78 is 5.70. The summed E-state index contributed by atoms with van der Waals surface area (Å²) in [5.41, 5.74) is 3.61. The lowest BCUT2D eigenvalue weighted by Gasteiger charge is -2.23. The van der Waals surface area contributed by atoms with Crippen LogP contribution in [-0.2, 0) is 6.42 Å². The van der Waals surface area contributed by atoms with Gasteiger partial charge in [-0.05, 0) is 24.1 Å². The number of unbranched alkanes of at least 4 members (excludes halogenated alkanes) is 1. The highest BCUT2D eigenvalue weighted by atomic mass is 16.5. The number of hydrogen-bond donors (Lipinski definition) is 2. The van der Waals surface area contributed by atoms with Crippen LogP contribution >= 0.6 is 0 Å². The molecule has 0 saturated carbocycles. The summed E-state index contributed by atoms with van der Waals surface area (Å²) in [7, 11) is 0. The number of aromatic amines is 1. The van der Waals surface area contributed by atoms with Crippen LogP contribution in [-0.4, -0.2) is 23.1 Å². The molecule has 4 nitrogen and oxygen atoms in total. The summed E-state index contributed by atoms with van der Waals surface area (Å²) in [6.07, 6.45) is 5.06. The molecule has 0 radical (unpaired) electrons. The predicted octanol–water partition coefficient (Wildman–Crippen LogP) is 2.82. The van der Waals surface area contributed by atoms with Gasteiger partial charge in [0.05, 0.1) is 24.7 Å². The summed E-state index contributed by atoms with van der Waals surface area (Å²) in [4.78, 5) is 7.68. The Kier molecular flexibility index (Phi) is 4.02. The molecule has 2 N–H and O–H groups in total. The Bertz CT molecular complexity index is 547. The van der Waals surface area contributed by atoms with Crippen LogP contribution < -0.4 is 10.1 Å². The van der Waals surface area contributed by atoms with Crippen molar-refractivity contribution in [2.24, 2.45) is 0 Å². The fraction of sp³-hybridized carbons (Fsp3) is 0.438. The van der Waals surface area contributed by atoms with Gasteiger partial charge in [-0.3, -0.25) is 0 Å². The van der Waals surface area contributed by atoms with Crippen LogP contribution in [0.1, 0.15) is 42.8 Å². The average Bonchev–Trinajstić information content (AvgIpc) is 2.97. The molecule has 0 spiro atoms. The molecular formula is C16H21N3O.